The zero-order valence-electron chi connectivity index (χ0n) is 16.1. The maximum atomic E-state index is 12.8. The number of nitrogens with one attached hydrogen (secondary N) is 1. The van der Waals surface area contributed by atoms with E-state index in [4.69, 9.17) is 4.74 Å². The number of likely N-dealkylation sites (tertiary alicyclic amines) is 1. The summed E-state index contributed by atoms with van der Waals surface area (Å²) < 4.78 is 5.22. The third-order valence-electron chi connectivity index (χ3n) is 5.69. The molecule has 1 aromatic heterocycles. The average Bonchev–Trinajstić information content (AvgIpc) is 3.36. The van der Waals surface area contributed by atoms with Crippen LogP contribution in [0.15, 0.2) is 41.1 Å². The molecule has 8 heteroatoms. The molecule has 7 nitrogen and oxygen atoms in total. The number of amides is 3. The number of carbonyl (C=O) groups is 2. The van der Waals surface area contributed by atoms with Gasteiger partial charge in [0.2, 0.25) is 5.91 Å². The molecule has 2 fully saturated rings. The predicted molar refractivity (Wildman–Crippen MR) is 110 cm³/mol. The summed E-state index contributed by atoms with van der Waals surface area (Å²) in [5, 5.41) is 6.93. The minimum atomic E-state index is -0.221. The van der Waals surface area contributed by atoms with E-state index < -0.39 is 0 Å². The van der Waals surface area contributed by atoms with Gasteiger partial charge in [0, 0.05) is 36.8 Å². The highest BCUT2D eigenvalue weighted by Gasteiger charge is 2.48. The number of piperazine rings is 1. The number of rotatable bonds is 3. The van der Waals surface area contributed by atoms with Crippen LogP contribution in [0.3, 0.4) is 0 Å². The first-order chi connectivity index (χ1) is 13.5. The lowest BCUT2D eigenvalue weighted by atomic mass is 9.93. The molecule has 2 aromatic rings. The fourth-order valence-corrected chi connectivity index (χ4v) is 4.62. The van der Waals surface area contributed by atoms with Crippen molar-refractivity contribution in [2.24, 2.45) is 0 Å². The van der Waals surface area contributed by atoms with E-state index in [2.05, 4.69) is 10.2 Å². The zero-order chi connectivity index (χ0) is 19.7. The van der Waals surface area contributed by atoms with Gasteiger partial charge in [0.25, 0.3) is 0 Å². The van der Waals surface area contributed by atoms with E-state index in [1.54, 1.807) is 24.5 Å². The van der Waals surface area contributed by atoms with E-state index in [-0.39, 0.29) is 17.5 Å². The Morgan fingerprint density at radius 3 is 2.89 bits per heavy atom. The van der Waals surface area contributed by atoms with Gasteiger partial charge in [0.1, 0.15) is 5.75 Å². The van der Waals surface area contributed by atoms with Crippen LogP contribution in [-0.2, 0) is 4.79 Å². The summed E-state index contributed by atoms with van der Waals surface area (Å²) in [6.07, 6.45) is 0.836. The quantitative estimate of drug-likeness (QED) is 0.860. The summed E-state index contributed by atoms with van der Waals surface area (Å²) in [7, 11) is 3.58. The second kappa shape index (κ2) is 7.44. The molecule has 2 aliphatic heterocycles. The Balaban J connectivity index is 1.47. The first kappa shape index (κ1) is 18.8. The van der Waals surface area contributed by atoms with Gasteiger partial charge in [0.05, 0.1) is 24.9 Å². The number of carbonyl (C=O) groups excluding carboxylic acids is 2. The molecule has 2 aliphatic rings. The molecule has 0 radical (unpaired) electrons. The number of likely N-dealkylation sites (N-methyl/N-ethyl adjacent to an activating group) is 1. The van der Waals surface area contributed by atoms with E-state index in [1.165, 1.54) is 0 Å². The molecule has 3 amide bonds. The van der Waals surface area contributed by atoms with Crippen molar-refractivity contribution in [1.82, 2.24) is 9.80 Å². The molecule has 0 aliphatic carbocycles. The number of methoxy groups -OCH3 is 1. The highest BCUT2D eigenvalue weighted by atomic mass is 32.1. The lowest BCUT2D eigenvalue weighted by Crippen LogP contribution is -2.64. The van der Waals surface area contributed by atoms with Crippen molar-refractivity contribution in [2.75, 3.05) is 50.6 Å². The van der Waals surface area contributed by atoms with Crippen molar-refractivity contribution in [3.8, 4) is 5.75 Å². The second-order valence-corrected chi connectivity index (χ2v) is 8.16. The van der Waals surface area contributed by atoms with E-state index in [0.717, 1.165) is 12.1 Å². The van der Waals surface area contributed by atoms with Crippen LogP contribution in [0.25, 0.3) is 0 Å². The minimum Gasteiger partial charge on any atom is -0.497 e. The Bertz CT molecular complexity index is 872. The number of hydrogen-bond donors (Lipinski definition) is 1. The van der Waals surface area contributed by atoms with Gasteiger partial charge in [-0.25, -0.2) is 4.79 Å². The Kier molecular flexibility index (Phi) is 4.99. The minimum absolute atomic E-state index is 0.103. The van der Waals surface area contributed by atoms with Crippen LogP contribution in [0.1, 0.15) is 6.42 Å². The largest absolute Gasteiger partial charge is 0.497 e. The number of urea groups is 1. The molecule has 4 rings (SSSR count). The third-order valence-corrected chi connectivity index (χ3v) is 6.36. The lowest BCUT2D eigenvalue weighted by Gasteiger charge is -2.46. The van der Waals surface area contributed by atoms with Gasteiger partial charge in [-0.1, -0.05) is 6.07 Å². The van der Waals surface area contributed by atoms with Crippen LogP contribution in [0, 0.1) is 0 Å². The predicted octanol–water partition coefficient (Wildman–Crippen LogP) is 2.71. The molecule has 0 bridgehead atoms. The summed E-state index contributed by atoms with van der Waals surface area (Å²) in [5.41, 5.74) is 1.43. The lowest BCUT2D eigenvalue weighted by molar-refractivity contribution is -0.123. The Morgan fingerprint density at radius 1 is 1.29 bits per heavy atom. The van der Waals surface area contributed by atoms with E-state index >= 15 is 0 Å². The molecule has 3 heterocycles. The molecule has 1 aromatic carbocycles. The Morgan fingerprint density at radius 2 is 2.14 bits per heavy atom. The van der Waals surface area contributed by atoms with Crippen molar-refractivity contribution in [2.45, 2.75) is 12.0 Å². The summed E-state index contributed by atoms with van der Waals surface area (Å²) in [6.45, 7) is 2.21. The number of ether oxygens (including phenoxy) is 1. The summed E-state index contributed by atoms with van der Waals surface area (Å²) in [5.74, 6) is 0.804. The maximum absolute atomic E-state index is 12.8. The highest BCUT2D eigenvalue weighted by Crippen LogP contribution is 2.34. The molecule has 28 heavy (non-hydrogen) atoms. The molecule has 148 valence electrons. The number of nitrogens with zero attached hydrogens (tertiary/aromatic N) is 3. The van der Waals surface area contributed by atoms with E-state index in [0.29, 0.717) is 37.6 Å². The SMILES string of the molecule is COc1cccc(NC(=O)N2CC[C@@]3(C2)CN(c2ccsc2)C(=O)CN3C)c1. The van der Waals surface area contributed by atoms with Gasteiger partial charge in [0.15, 0.2) is 0 Å². The molecular formula is C20H24N4O3S. The van der Waals surface area contributed by atoms with Gasteiger partial charge >= 0.3 is 6.03 Å². The van der Waals surface area contributed by atoms with Crippen LogP contribution >= 0.6 is 11.3 Å². The summed E-state index contributed by atoms with van der Waals surface area (Å²) >= 11 is 1.58. The van der Waals surface area contributed by atoms with Crippen LogP contribution in [0.4, 0.5) is 16.2 Å². The van der Waals surface area contributed by atoms with E-state index in [1.807, 2.05) is 51.9 Å². The Hall–Kier alpha value is -2.58. The van der Waals surface area contributed by atoms with Gasteiger partial charge in [-0.3, -0.25) is 9.69 Å². The number of thiophene rings is 1. The van der Waals surface area contributed by atoms with Crippen LogP contribution in [0.2, 0.25) is 0 Å². The first-order valence-corrected chi connectivity index (χ1v) is 10.2. The number of benzene rings is 1. The second-order valence-electron chi connectivity index (χ2n) is 7.38. The van der Waals surface area contributed by atoms with Crippen molar-refractivity contribution in [1.29, 1.82) is 0 Å². The molecule has 1 spiro atoms. The number of hydrogen-bond acceptors (Lipinski definition) is 5. The summed E-state index contributed by atoms with van der Waals surface area (Å²) in [4.78, 5) is 31.1. The third kappa shape index (κ3) is 3.45. The van der Waals surface area contributed by atoms with Crippen molar-refractivity contribution in [3.05, 3.63) is 41.1 Å². The fraction of sp³-hybridized carbons (Fsp3) is 0.400. The molecule has 1 atom stereocenters. The first-order valence-electron chi connectivity index (χ1n) is 9.24. The summed E-state index contributed by atoms with van der Waals surface area (Å²) in [6, 6.07) is 9.18. The van der Waals surface area contributed by atoms with Gasteiger partial charge in [-0.15, -0.1) is 0 Å². The van der Waals surface area contributed by atoms with E-state index in [9.17, 15) is 9.59 Å². The topological polar surface area (TPSA) is 65.1 Å². The van der Waals surface area contributed by atoms with Gasteiger partial charge in [-0.2, -0.15) is 11.3 Å². The van der Waals surface area contributed by atoms with Gasteiger partial charge in [-0.05, 0) is 37.0 Å². The monoisotopic (exact) mass is 400 g/mol. The standard InChI is InChI=1S/C20H24N4O3S/c1-22-11-18(25)24(16-6-9-28-12-16)14-20(22)7-8-23(13-20)19(26)21-15-4-3-5-17(10-15)27-2/h3-6,9-10,12H,7-8,11,13-14H2,1-2H3,(H,21,26)/t20-/m1/s1. The molecule has 0 unspecified atom stereocenters. The number of anilines is 2. The fourth-order valence-electron chi connectivity index (χ4n) is 3.98. The molecular weight excluding hydrogens is 376 g/mol. The van der Waals surface area contributed by atoms with Gasteiger partial charge < -0.3 is 19.9 Å². The zero-order valence-corrected chi connectivity index (χ0v) is 16.9. The van der Waals surface area contributed by atoms with Crippen molar-refractivity contribution >= 4 is 34.6 Å². The molecule has 0 saturated carbocycles. The highest BCUT2D eigenvalue weighted by molar-refractivity contribution is 7.08. The Labute approximate surface area is 168 Å². The van der Waals surface area contributed by atoms with Crippen LogP contribution < -0.4 is 15.0 Å². The van der Waals surface area contributed by atoms with Crippen LogP contribution in [-0.4, -0.2) is 67.6 Å². The molecule has 1 N–H and O–H groups in total. The average molecular weight is 401 g/mol. The van der Waals surface area contributed by atoms with Crippen molar-refractivity contribution in [3.63, 3.8) is 0 Å². The smallest absolute Gasteiger partial charge is 0.321 e. The molecule has 2 saturated heterocycles. The maximum Gasteiger partial charge on any atom is 0.321 e. The normalized spacial score (nSPS) is 22.7. The van der Waals surface area contributed by atoms with Crippen molar-refractivity contribution < 1.29 is 14.3 Å². The van der Waals surface area contributed by atoms with Crippen LogP contribution in [0.5, 0.6) is 5.75 Å².